The van der Waals surface area contributed by atoms with Crippen LogP contribution in [0.1, 0.15) is 5.56 Å². The molecular weight excluding hydrogens is 424 g/mol. The second kappa shape index (κ2) is 8.78. The maximum absolute atomic E-state index is 12.6. The zero-order chi connectivity index (χ0) is 20.3. The van der Waals surface area contributed by atoms with Crippen molar-refractivity contribution in [3.8, 4) is 0 Å². The fourth-order valence-corrected chi connectivity index (χ4v) is 4.20. The van der Waals surface area contributed by atoms with E-state index >= 15 is 0 Å². The molecule has 2 amide bonds. The SMILES string of the molecule is O=C1S/C(=C/c2ccc(SCCO)c([N+](=O)[O-])c2)C(=O)N1c1ccc(Cl)cc1. The molecule has 2 aromatic rings. The monoisotopic (exact) mass is 436 g/mol. The van der Waals surface area contributed by atoms with Crippen molar-refractivity contribution in [2.75, 3.05) is 17.3 Å². The molecule has 0 unspecified atom stereocenters. The van der Waals surface area contributed by atoms with Crippen molar-refractivity contribution in [3.05, 3.63) is 68.1 Å². The number of amides is 2. The Morgan fingerprint density at radius 1 is 1.21 bits per heavy atom. The lowest BCUT2D eigenvalue weighted by Gasteiger charge is -2.12. The van der Waals surface area contributed by atoms with E-state index in [0.29, 0.717) is 26.9 Å². The average Bonchev–Trinajstić information content (AvgIpc) is 2.94. The van der Waals surface area contributed by atoms with E-state index in [4.69, 9.17) is 16.7 Å². The predicted octanol–water partition coefficient (Wildman–Crippen LogP) is 4.57. The van der Waals surface area contributed by atoms with Gasteiger partial charge in [-0.2, -0.15) is 0 Å². The molecule has 0 aliphatic carbocycles. The van der Waals surface area contributed by atoms with E-state index in [0.717, 1.165) is 16.7 Å². The third-order valence-corrected chi connectivity index (χ3v) is 5.87. The number of hydrogen-bond acceptors (Lipinski definition) is 7. The van der Waals surface area contributed by atoms with Crippen LogP contribution >= 0.6 is 35.1 Å². The summed E-state index contributed by atoms with van der Waals surface area (Å²) in [5.41, 5.74) is 0.711. The summed E-state index contributed by atoms with van der Waals surface area (Å²) >= 11 is 7.77. The zero-order valence-electron chi connectivity index (χ0n) is 14.2. The molecule has 1 N–H and O–H groups in total. The normalized spacial score (nSPS) is 15.5. The molecule has 28 heavy (non-hydrogen) atoms. The van der Waals surface area contributed by atoms with Gasteiger partial charge in [0.1, 0.15) is 0 Å². The zero-order valence-corrected chi connectivity index (χ0v) is 16.6. The van der Waals surface area contributed by atoms with E-state index in [1.54, 1.807) is 36.4 Å². The fraction of sp³-hybridized carbons (Fsp3) is 0.111. The summed E-state index contributed by atoms with van der Waals surface area (Å²) in [6.45, 7) is -0.0958. The number of hydrogen-bond donors (Lipinski definition) is 1. The lowest BCUT2D eigenvalue weighted by molar-refractivity contribution is -0.387. The van der Waals surface area contributed by atoms with E-state index in [1.807, 2.05) is 0 Å². The fourth-order valence-electron chi connectivity index (χ4n) is 2.48. The highest BCUT2D eigenvalue weighted by Gasteiger charge is 2.36. The van der Waals surface area contributed by atoms with Crippen LogP contribution in [0, 0.1) is 10.1 Å². The number of benzene rings is 2. The van der Waals surface area contributed by atoms with Crippen LogP contribution in [0.4, 0.5) is 16.2 Å². The number of thioether (sulfide) groups is 2. The van der Waals surface area contributed by atoms with Gasteiger partial charge in [-0.1, -0.05) is 17.7 Å². The summed E-state index contributed by atoms with van der Waals surface area (Å²) in [6, 6.07) is 10.8. The first kappa shape index (κ1) is 20.4. The van der Waals surface area contributed by atoms with Crippen LogP contribution in [0.5, 0.6) is 0 Å². The van der Waals surface area contributed by atoms with Crippen LogP contribution in [0.25, 0.3) is 6.08 Å². The number of aliphatic hydroxyl groups is 1. The Hall–Kier alpha value is -2.33. The molecule has 1 aliphatic heterocycles. The number of imide groups is 1. The van der Waals surface area contributed by atoms with Crippen molar-refractivity contribution in [2.24, 2.45) is 0 Å². The first-order valence-corrected chi connectivity index (χ1v) is 10.1. The van der Waals surface area contributed by atoms with Crippen molar-refractivity contribution < 1.29 is 19.6 Å². The van der Waals surface area contributed by atoms with E-state index in [-0.39, 0.29) is 17.2 Å². The van der Waals surface area contributed by atoms with Gasteiger partial charge in [0.25, 0.3) is 16.8 Å². The van der Waals surface area contributed by atoms with Gasteiger partial charge >= 0.3 is 0 Å². The molecule has 144 valence electrons. The summed E-state index contributed by atoms with van der Waals surface area (Å²) in [5.74, 6) is -0.168. The quantitative estimate of drug-likeness (QED) is 0.306. The van der Waals surface area contributed by atoms with Gasteiger partial charge < -0.3 is 5.11 Å². The van der Waals surface area contributed by atoms with E-state index in [2.05, 4.69) is 0 Å². The maximum Gasteiger partial charge on any atom is 0.298 e. The van der Waals surface area contributed by atoms with Gasteiger partial charge in [0.2, 0.25) is 0 Å². The summed E-state index contributed by atoms with van der Waals surface area (Å²) < 4.78 is 0. The van der Waals surface area contributed by atoms with Crippen molar-refractivity contribution in [3.63, 3.8) is 0 Å². The molecule has 10 heteroatoms. The number of nitro benzene ring substituents is 1. The van der Waals surface area contributed by atoms with Crippen LogP contribution in [0.15, 0.2) is 52.3 Å². The smallest absolute Gasteiger partial charge is 0.298 e. The first-order valence-electron chi connectivity index (χ1n) is 7.96. The minimum absolute atomic E-state index is 0.0958. The first-order chi connectivity index (χ1) is 13.4. The average molecular weight is 437 g/mol. The van der Waals surface area contributed by atoms with Gasteiger partial charge in [-0.25, -0.2) is 4.90 Å². The van der Waals surface area contributed by atoms with Crippen molar-refractivity contribution in [1.29, 1.82) is 0 Å². The second-order valence-corrected chi connectivity index (χ2v) is 8.12. The molecule has 0 saturated carbocycles. The van der Waals surface area contributed by atoms with E-state index in [9.17, 15) is 19.7 Å². The van der Waals surface area contributed by atoms with Crippen molar-refractivity contribution >= 4 is 63.7 Å². The lowest BCUT2D eigenvalue weighted by atomic mass is 10.2. The van der Waals surface area contributed by atoms with Gasteiger partial charge in [0, 0.05) is 16.8 Å². The molecule has 1 fully saturated rings. The van der Waals surface area contributed by atoms with Crippen molar-refractivity contribution in [2.45, 2.75) is 4.90 Å². The topological polar surface area (TPSA) is 101 Å². The maximum atomic E-state index is 12.6. The highest BCUT2D eigenvalue weighted by molar-refractivity contribution is 8.19. The third kappa shape index (κ3) is 4.39. The molecule has 1 heterocycles. The number of halogens is 1. The predicted molar refractivity (Wildman–Crippen MR) is 111 cm³/mol. The number of carbonyl (C=O) groups excluding carboxylic acids is 2. The van der Waals surface area contributed by atoms with Gasteiger partial charge in [0.05, 0.1) is 27.0 Å². The minimum Gasteiger partial charge on any atom is -0.396 e. The molecule has 0 aromatic heterocycles. The molecule has 0 bridgehead atoms. The van der Waals surface area contributed by atoms with Gasteiger partial charge in [-0.05, 0) is 53.7 Å². The Morgan fingerprint density at radius 2 is 1.93 bits per heavy atom. The van der Waals surface area contributed by atoms with Gasteiger partial charge in [-0.15, -0.1) is 11.8 Å². The highest BCUT2D eigenvalue weighted by Crippen LogP contribution is 2.37. The third-order valence-electron chi connectivity index (χ3n) is 3.70. The van der Waals surface area contributed by atoms with Gasteiger partial charge in [-0.3, -0.25) is 19.7 Å². The Bertz CT molecular complexity index is 978. The largest absolute Gasteiger partial charge is 0.396 e. The lowest BCUT2D eigenvalue weighted by Crippen LogP contribution is -2.27. The summed E-state index contributed by atoms with van der Waals surface area (Å²) in [4.78, 5) is 37.4. The summed E-state index contributed by atoms with van der Waals surface area (Å²) in [5, 5.41) is 20.3. The molecule has 1 saturated heterocycles. The van der Waals surface area contributed by atoms with E-state index in [1.165, 1.54) is 23.9 Å². The summed E-state index contributed by atoms with van der Waals surface area (Å²) in [7, 11) is 0. The van der Waals surface area contributed by atoms with Crippen LogP contribution in [0.3, 0.4) is 0 Å². The standard InChI is InChI=1S/C18H13ClN2O5S2/c19-12-2-4-13(5-3-12)20-17(23)16(28-18(20)24)10-11-1-6-15(27-8-7-22)14(9-11)21(25)26/h1-6,9-10,22H,7-8H2/b16-10+. The Morgan fingerprint density at radius 3 is 2.57 bits per heavy atom. The Labute approximate surface area is 173 Å². The number of nitrogens with zero attached hydrogens (tertiary/aromatic N) is 2. The molecule has 2 aromatic carbocycles. The number of carbonyl (C=O) groups is 2. The van der Waals surface area contributed by atoms with Crippen LogP contribution < -0.4 is 4.90 Å². The second-order valence-electron chi connectivity index (χ2n) is 5.55. The summed E-state index contributed by atoms with van der Waals surface area (Å²) in [6.07, 6.45) is 1.45. The van der Waals surface area contributed by atoms with Crippen LogP contribution in [-0.4, -0.2) is 33.5 Å². The van der Waals surface area contributed by atoms with Crippen molar-refractivity contribution in [1.82, 2.24) is 0 Å². The molecule has 0 spiro atoms. The molecular formula is C18H13ClN2O5S2. The molecule has 0 radical (unpaired) electrons. The van der Waals surface area contributed by atoms with Crippen LogP contribution in [0.2, 0.25) is 5.02 Å². The van der Waals surface area contributed by atoms with E-state index < -0.39 is 16.1 Å². The number of rotatable bonds is 6. The van der Waals surface area contributed by atoms with Crippen LogP contribution in [-0.2, 0) is 4.79 Å². The number of nitro groups is 1. The highest BCUT2D eigenvalue weighted by atomic mass is 35.5. The molecule has 1 aliphatic rings. The number of aliphatic hydroxyl groups excluding tert-OH is 1. The number of anilines is 1. The molecule has 7 nitrogen and oxygen atoms in total. The van der Waals surface area contributed by atoms with Gasteiger partial charge in [0.15, 0.2) is 0 Å². The molecule has 3 rings (SSSR count). The Kier molecular flexibility index (Phi) is 6.40. The molecule has 0 atom stereocenters. The minimum atomic E-state index is -0.517. The Balaban J connectivity index is 1.90.